The van der Waals surface area contributed by atoms with Gasteiger partial charge in [-0.25, -0.2) is 4.79 Å². The van der Waals surface area contributed by atoms with Crippen LogP contribution in [0, 0.1) is 0 Å². The van der Waals surface area contributed by atoms with Crippen molar-refractivity contribution in [1.29, 1.82) is 0 Å². The van der Waals surface area contributed by atoms with Crippen LogP contribution < -0.4 is 10.6 Å². The molecule has 3 N–H and O–H groups in total. The van der Waals surface area contributed by atoms with E-state index in [0.29, 0.717) is 5.56 Å². The SMILES string of the molecule is CNC(=O)CNC(=O)c1ccc(C(=O)O)cc1. The number of hydrogen-bond donors (Lipinski definition) is 3. The van der Waals surface area contributed by atoms with Gasteiger partial charge in [0.2, 0.25) is 5.91 Å². The quantitative estimate of drug-likeness (QED) is 0.678. The molecule has 0 atom stereocenters. The molecule has 0 aliphatic heterocycles. The molecule has 0 saturated carbocycles. The summed E-state index contributed by atoms with van der Waals surface area (Å²) in [4.78, 5) is 33.0. The number of aromatic carboxylic acids is 1. The molecule has 0 aliphatic carbocycles. The topological polar surface area (TPSA) is 95.5 Å². The number of nitrogens with one attached hydrogen (secondary N) is 2. The van der Waals surface area contributed by atoms with Crippen LogP contribution in [0.4, 0.5) is 0 Å². The largest absolute Gasteiger partial charge is 0.478 e. The number of benzene rings is 1. The molecule has 1 rings (SSSR count). The number of rotatable bonds is 4. The fourth-order valence-corrected chi connectivity index (χ4v) is 1.12. The maximum absolute atomic E-state index is 11.5. The Morgan fingerprint density at radius 2 is 1.65 bits per heavy atom. The van der Waals surface area contributed by atoms with Crippen molar-refractivity contribution < 1.29 is 19.5 Å². The Labute approximate surface area is 97.6 Å². The highest BCUT2D eigenvalue weighted by molar-refractivity contribution is 5.97. The zero-order valence-corrected chi connectivity index (χ0v) is 9.19. The van der Waals surface area contributed by atoms with Gasteiger partial charge in [-0.2, -0.15) is 0 Å². The minimum absolute atomic E-state index is 0.104. The van der Waals surface area contributed by atoms with Crippen LogP contribution in [0.3, 0.4) is 0 Å². The molecule has 0 aliphatic rings. The summed E-state index contributed by atoms with van der Waals surface area (Å²) in [5.41, 5.74) is 0.409. The van der Waals surface area contributed by atoms with Crippen LogP contribution in [-0.4, -0.2) is 36.5 Å². The Hall–Kier alpha value is -2.37. The first kappa shape index (κ1) is 12.7. The van der Waals surface area contributed by atoms with E-state index in [4.69, 9.17) is 5.11 Å². The first-order chi connectivity index (χ1) is 8.04. The summed E-state index contributed by atoms with van der Waals surface area (Å²) in [5.74, 6) is -1.78. The standard InChI is InChI=1S/C11H12N2O4/c1-12-9(14)6-13-10(15)7-2-4-8(5-3-7)11(16)17/h2-5H,6H2,1H3,(H,12,14)(H,13,15)(H,16,17). The van der Waals surface area contributed by atoms with Crippen molar-refractivity contribution in [2.75, 3.05) is 13.6 Å². The lowest BCUT2D eigenvalue weighted by atomic mass is 10.1. The van der Waals surface area contributed by atoms with Crippen LogP contribution in [0.2, 0.25) is 0 Å². The predicted octanol–water partition coefficient (Wildman–Crippen LogP) is -0.139. The summed E-state index contributed by atoms with van der Waals surface area (Å²) >= 11 is 0. The minimum Gasteiger partial charge on any atom is -0.478 e. The van der Waals surface area contributed by atoms with Crippen LogP contribution in [0.25, 0.3) is 0 Å². The maximum atomic E-state index is 11.5. The Balaban J connectivity index is 2.64. The molecule has 0 unspecified atom stereocenters. The molecule has 6 nitrogen and oxygen atoms in total. The predicted molar refractivity (Wildman–Crippen MR) is 59.8 cm³/mol. The number of amides is 2. The second kappa shape index (κ2) is 5.64. The number of carbonyl (C=O) groups is 3. The lowest BCUT2D eigenvalue weighted by molar-refractivity contribution is -0.119. The average molecular weight is 236 g/mol. The lowest BCUT2D eigenvalue weighted by Crippen LogP contribution is -2.35. The van der Waals surface area contributed by atoms with Gasteiger partial charge in [-0.15, -0.1) is 0 Å². The number of likely N-dealkylation sites (N-methyl/N-ethyl adjacent to an activating group) is 1. The number of hydrogen-bond acceptors (Lipinski definition) is 3. The Kier molecular flexibility index (Phi) is 4.21. The second-order valence-corrected chi connectivity index (χ2v) is 3.24. The van der Waals surface area contributed by atoms with Gasteiger partial charge in [-0.3, -0.25) is 9.59 Å². The maximum Gasteiger partial charge on any atom is 0.335 e. The molecule has 0 heterocycles. The molecule has 1 aromatic carbocycles. The molecule has 0 spiro atoms. The van der Waals surface area contributed by atoms with Gasteiger partial charge in [-0.1, -0.05) is 0 Å². The molecule has 2 amide bonds. The van der Waals surface area contributed by atoms with Crippen molar-refractivity contribution >= 4 is 17.8 Å². The van der Waals surface area contributed by atoms with E-state index in [-0.39, 0.29) is 18.0 Å². The Bertz CT molecular complexity index is 439. The van der Waals surface area contributed by atoms with Crippen molar-refractivity contribution in [1.82, 2.24) is 10.6 Å². The van der Waals surface area contributed by atoms with Crippen molar-refractivity contribution in [3.63, 3.8) is 0 Å². The van der Waals surface area contributed by atoms with Gasteiger partial charge in [-0.05, 0) is 24.3 Å². The summed E-state index contributed by atoms with van der Waals surface area (Å²) < 4.78 is 0. The highest BCUT2D eigenvalue weighted by Gasteiger charge is 2.08. The molecule has 0 aromatic heterocycles. The van der Waals surface area contributed by atoms with E-state index in [1.54, 1.807) is 0 Å². The molecule has 17 heavy (non-hydrogen) atoms. The molecule has 1 aromatic rings. The van der Waals surface area contributed by atoms with Gasteiger partial charge in [0.05, 0.1) is 12.1 Å². The highest BCUT2D eigenvalue weighted by Crippen LogP contribution is 2.04. The van der Waals surface area contributed by atoms with E-state index in [9.17, 15) is 14.4 Å². The van der Waals surface area contributed by atoms with E-state index in [2.05, 4.69) is 10.6 Å². The van der Waals surface area contributed by atoms with Crippen LogP contribution in [0.5, 0.6) is 0 Å². The van der Waals surface area contributed by atoms with Crippen LogP contribution in [-0.2, 0) is 4.79 Å². The first-order valence-corrected chi connectivity index (χ1v) is 4.86. The Morgan fingerprint density at radius 3 is 2.12 bits per heavy atom. The zero-order valence-electron chi connectivity index (χ0n) is 9.19. The normalized spacial score (nSPS) is 9.47. The van der Waals surface area contributed by atoms with Crippen molar-refractivity contribution in [3.05, 3.63) is 35.4 Å². The lowest BCUT2D eigenvalue weighted by Gasteiger charge is -2.04. The fourth-order valence-electron chi connectivity index (χ4n) is 1.12. The van der Waals surface area contributed by atoms with Gasteiger partial charge >= 0.3 is 5.97 Å². The molecule has 0 bridgehead atoms. The highest BCUT2D eigenvalue weighted by atomic mass is 16.4. The summed E-state index contributed by atoms with van der Waals surface area (Å²) in [6, 6.07) is 5.44. The summed E-state index contributed by atoms with van der Waals surface area (Å²) in [7, 11) is 1.47. The van der Waals surface area contributed by atoms with Crippen molar-refractivity contribution in [3.8, 4) is 0 Å². The van der Waals surface area contributed by atoms with Crippen molar-refractivity contribution in [2.24, 2.45) is 0 Å². The third kappa shape index (κ3) is 3.60. The van der Waals surface area contributed by atoms with Crippen molar-refractivity contribution in [2.45, 2.75) is 0 Å². The Morgan fingerprint density at radius 1 is 1.12 bits per heavy atom. The van der Waals surface area contributed by atoms with Gasteiger partial charge in [0.1, 0.15) is 0 Å². The molecular formula is C11H12N2O4. The van der Waals surface area contributed by atoms with Crippen LogP contribution >= 0.6 is 0 Å². The summed E-state index contributed by atoms with van der Waals surface area (Å²) in [5, 5.41) is 13.4. The summed E-state index contributed by atoms with van der Waals surface area (Å²) in [6.07, 6.45) is 0. The molecule has 0 fully saturated rings. The second-order valence-electron chi connectivity index (χ2n) is 3.24. The van der Waals surface area contributed by atoms with E-state index >= 15 is 0 Å². The van der Waals surface area contributed by atoms with E-state index in [0.717, 1.165) is 0 Å². The van der Waals surface area contributed by atoms with E-state index < -0.39 is 11.9 Å². The first-order valence-electron chi connectivity index (χ1n) is 4.86. The monoisotopic (exact) mass is 236 g/mol. The molecule has 6 heteroatoms. The summed E-state index contributed by atoms with van der Waals surface area (Å²) in [6.45, 7) is -0.115. The molecule has 0 saturated heterocycles. The number of carboxylic acid groups (broad SMARTS) is 1. The van der Waals surface area contributed by atoms with Gasteiger partial charge in [0, 0.05) is 12.6 Å². The fraction of sp³-hybridized carbons (Fsp3) is 0.182. The molecule has 0 radical (unpaired) electrons. The number of carboxylic acids is 1. The third-order valence-electron chi connectivity index (χ3n) is 2.08. The van der Waals surface area contributed by atoms with Crippen LogP contribution in [0.15, 0.2) is 24.3 Å². The third-order valence-corrected chi connectivity index (χ3v) is 2.08. The number of carbonyl (C=O) groups excluding carboxylic acids is 2. The molecule has 90 valence electrons. The van der Waals surface area contributed by atoms with E-state index in [1.807, 2.05) is 0 Å². The minimum atomic E-state index is -1.05. The smallest absolute Gasteiger partial charge is 0.335 e. The zero-order chi connectivity index (χ0) is 12.8. The average Bonchev–Trinajstić information content (AvgIpc) is 2.35. The van der Waals surface area contributed by atoms with Gasteiger partial charge in [0.25, 0.3) is 5.91 Å². The van der Waals surface area contributed by atoms with Crippen LogP contribution in [0.1, 0.15) is 20.7 Å². The van der Waals surface area contributed by atoms with Gasteiger partial charge < -0.3 is 15.7 Å². The van der Waals surface area contributed by atoms with E-state index in [1.165, 1.54) is 31.3 Å². The molecular weight excluding hydrogens is 224 g/mol. The van der Waals surface area contributed by atoms with Gasteiger partial charge in [0.15, 0.2) is 0 Å².